The Hall–Kier alpha value is -3.97. The maximum Gasteiger partial charge on any atom is 0.282 e. The number of ether oxygens (including phenoxy) is 3. The first kappa shape index (κ1) is 22.2. The molecule has 0 bridgehead atoms. The first-order chi connectivity index (χ1) is 16.0. The van der Waals surface area contributed by atoms with Crippen molar-refractivity contribution in [1.29, 1.82) is 0 Å². The summed E-state index contributed by atoms with van der Waals surface area (Å²) in [7, 11) is 4.53. The summed E-state index contributed by atoms with van der Waals surface area (Å²) in [6.45, 7) is 0. The smallest absolute Gasteiger partial charge is 0.282 e. The van der Waals surface area contributed by atoms with E-state index in [1.165, 1.54) is 21.3 Å². The van der Waals surface area contributed by atoms with Gasteiger partial charge >= 0.3 is 0 Å². The number of imide groups is 1. The lowest BCUT2D eigenvalue weighted by Gasteiger charge is -2.17. The van der Waals surface area contributed by atoms with Crippen LogP contribution in [0.25, 0.3) is 5.57 Å². The zero-order valence-electron chi connectivity index (χ0n) is 18.2. The molecule has 2 amide bonds. The second-order valence-corrected chi connectivity index (χ2v) is 7.50. The van der Waals surface area contributed by atoms with Gasteiger partial charge in [0.05, 0.1) is 38.3 Å². The van der Waals surface area contributed by atoms with Crippen LogP contribution in [0.3, 0.4) is 0 Å². The van der Waals surface area contributed by atoms with Crippen molar-refractivity contribution in [1.82, 2.24) is 0 Å². The zero-order valence-corrected chi connectivity index (χ0v) is 19.0. The number of methoxy groups -OCH3 is 3. The molecule has 7 nitrogen and oxygen atoms in total. The van der Waals surface area contributed by atoms with E-state index in [0.717, 1.165) is 4.90 Å². The van der Waals surface area contributed by atoms with Gasteiger partial charge in [0.1, 0.15) is 22.9 Å². The summed E-state index contributed by atoms with van der Waals surface area (Å²) in [4.78, 5) is 28.4. The van der Waals surface area contributed by atoms with Crippen molar-refractivity contribution in [2.45, 2.75) is 0 Å². The van der Waals surface area contributed by atoms with Gasteiger partial charge in [0.25, 0.3) is 11.8 Å². The minimum Gasteiger partial charge on any atom is -0.497 e. The van der Waals surface area contributed by atoms with Gasteiger partial charge in [-0.2, -0.15) is 0 Å². The third kappa shape index (κ3) is 4.10. The highest BCUT2D eigenvalue weighted by atomic mass is 35.5. The number of anilines is 2. The van der Waals surface area contributed by atoms with E-state index in [1.807, 2.05) is 0 Å². The fourth-order valence-corrected chi connectivity index (χ4v) is 3.82. The lowest BCUT2D eigenvalue weighted by molar-refractivity contribution is -0.120. The highest BCUT2D eigenvalue weighted by molar-refractivity contribution is 6.46. The zero-order chi connectivity index (χ0) is 23.5. The number of hydrogen-bond acceptors (Lipinski definition) is 6. The molecule has 0 atom stereocenters. The number of amides is 2. The second kappa shape index (κ2) is 9.26. The van der Waals surface area contributed by atoms with E-state index in [9.17, 15) is 9.59 Å². The molecule has 0 saturated carbocycles. The first-order valence-corrected chi connectivity index (χ1v) is 10.4. The first-order valence-electron chi connectivity index (χ1n) is 9.99. The van der Waals surface area contributed by atoms with Crippen LogP contribution in [0.5, 0.6) is 17.2 Å². The lowest BCUT2D eigenvalue weighted by Crippen LogP contribution is -2.32. The number of hydrogen-bond donors (Lipinski definition) is 1. The van der Waals surface area contributed by atoms with Crippen molar-refractivity contribution < 1.29 is 23.8 Å². The summed E-state index contributed by atoms with van der Waals surface area (Å²) in [6, 6.07) is 18.7. The summed E-state index contributed by atoms with van der Waals surface area (Å²) in [5, 5.41) is 3.52. The van der Waals surface area contributed by atoms with Crippen LogP contribution in [0, 0.1) is 0 Å². The van der Waals surface area contributed by atoms with E-state index < -0.39 is 11.8 Å². The molecule has 0 unspecified atom stereocenters. The molecule has 0 aromatic heterocycles. The van der Waals surface area contributed by atoms with Gasteiger partial charge in [0.2, 0.25) is 0 Å². The molecule has 0 aliphatic carbocycles. The maximum atomic E-state index is 13.7. The second-order valence-electron chi connectivity index (χ2n) is 7.07. The topological polar surface area (TPSA) is 77.1 Å². The predicted octanol–water partition coefficient (Wildman–Crippen LogP) is 4.76. The van der Waals surface area contributed by atoms with Crippen molar-refractivity contribution in [3.63, 3.8) is 0 Å². The van der Waals surface area contributed by atoms with Gasteiger partial charge < -0.3 is 19.5 Å². The van der Waals surface area contributed by atoms with Crippen molar-refractivity contribution >= 4 is 40.4 Å². The molecule has 0 fully saturated rings. The third-order valence-corrected chi connectivity index (χ3v) is 5.43. The van der Waals surface area contributed by atoms with Crippen molar-refractivity contribution in [2.75, 3.05) is 31.5 Å². The van der Waals surface area contributed by atoms with Crippen LogP contribution in [0.15, 0.2) is 72.4 Å². The van der Waals surface area contributed by atoms with Gasteiger partial charge in [0.15, 0.2) is 0 Å². The van der Waals surface area contributed by atoms with Gasteiger partial charge in [-0.25, -0.2) is 4.90 Å². The number of nitrogens with one attached hydrogen (secondary N) is 1. The molecule has 4 rings (SSSR count). The molecule has 0 spiro atoms. The Bertz CT molecular complexity index is 1270. The molecular formula is C25H21ClN2O5. The average molecular weight is 465 g/mol. The molecule has 168 valence electrons. The standard InChI is InChI=1S/C25H21ClN2O5/c1-31-17-8-6-7-16(14-17)28-24(29)22(18-9-4-5-10-20(18)32-2)23(25(28)30)27-19-13-15(26)11-12-21(19)33-3/h4-14,27H,1-3H3. The van der Waals surface area contributed by atoms with Gasteiger partial charge in [-0.1, -0.05) is 35.9 Å². The summed E-state index contributed by atoms with van der Waals surface area (Å²) in [5.41, 5.74) is 1.55. The fourth-order valence-electron chi connectivity index (χ4n) is 3.64. The van der Waals surface area contributed by atoms with Crippen LogP contribution in [0.4, 0.5) is 11.4 Å². The van der Waals surface area contributed by atoms with E-state index in [1.54, 1.807) is 66.7 Å². The van der Waals surface area contributed by atoms with E-state index in [4.69, 9.17) is 25.8 Å². The monoisotopic (exact) mass is 464 g/mol. The van der Waals surface area contributed by atoms with E-state index in [-0.39, 0.29) is 11.3 Å². The molecule has 1 heterocycles. The summed E-state index contributed by atoms with van der Waals surface area (Å²) >= 11 is 6.18. The minimum absolute atomic E-state index is 0.0767. The normalized spacial score (nSPS) is 13.4. The predicted molar refractivity (Wildman–Crippen MR) is 127 cm³/mol. The van der Waals surface area contributed by atoms with Crippen LogP contribution in [-0.4, -0.2) is 33.1 Å². The summed E-state index contributed by atoms with van der Waals surface area (Å²) < 4.78 is 16.1. The van der Waals surface area contributed by atoms with E-state index in [2.05, 4.69) is 5.32 Å². The third-order valence-electron chi connectivity index (χ3n) is 5.19. The fraction of sp³-hybridized carbons (Fsp3) is 0.120. The highest BCUT2D eigenvalue weighted by Crippen LogP contribution is 2.39. The van der Waals surface area contributed by atoms with Crippen LogP contribution < -0.4 is 24.4 Å². The number of benzene rings is 3. The molecule has 1 N–H and O–H groups in total. The van der Waals surface area contributed by atoms with Crippen molar-refractivity contribution in [3.8, 4) is 17.2 Å². The molecule has 0 radical (unpaired) electrons. The van der Waals surface area contributed by atoms with Gasteiger partial charge in [-0.3, -0.25) is 9.59 Å². The largest absolute Gasteiger partial charge is 0.497 e. The molecule has 33 heavy (non-hydrogen) atoms. The van der Waals surface area contributed by atoms with Crippen LogP contribution >= 0.6 is 11.6 Å². The van der Waals surface area contributed by atoms with Crippen molar-refractivity contribution in [2.24, 2.45) is 0 Å². The molecule has 3 aromatic rings. The minimum atomic E-state index is -0.531. The van der Waals surface area contributed by atoms with E-state index in [0.29, 0.717) is 39.2 Å². The number of rotatable bonds is 7. The van der Waals surface area contributed by atoms with Gasteiger partial charge in [-0.15, -0.1) is 0 Å². The maximum absolute atomic E-state index is 13.7. The Kier molecular flexibility index (Phi) is 6.24. The Balaban J connectivity index is 1.89. The number of halogens is 1. The molecule has 1 aliphatic rings. The Morgan fingerprint density at radius 1 is 0.788 bits per heavy atom. The van der Waals surface area contributed by atoms with Crippen LogP contribution in [0.1, 0.15) is 5.56 Å². The van der Waals surface area contributed by atoms with Gasteiger partial charge in [-0.05, 0) is 36.4 Å². The number of carbonyl (C=O) groups is 2. The number of nitrogens with zero attached hydrogens (tertiary/aromatic N) is 1. The van der Waals surface area contributed by atoms with E-state index >= 15 is 0 Å². The number of para-hydroxylation sites is 1. The SMILES string of the molecule is COc1cccc(N2C(=O)C(Nc3cc(Cl)ccc3OC)=C(c3ccccc3OC)C2=O)c1. The van der Waals surface area contributed by atoms with Crippen molar-refractivity contribution in [3.05, 3.63) is 83.0 Å². The molecule has 1 aliphatic heterocycles. The quantitative estimate of drug-likeness (QED) is 0.508. The molecule has 3 aromatic carbocycles. The lowest BCUT2D eigenvalue weighted by atomic mass is 10.0. The molecule has 8 heteroatoms. The number of carbonyl (C=O) groups excluding carboxylic acids is 2. The molecular weight excluding hydrogens is 444 g/mol. The Morgan fingerprint density at radius 2 is 1.55 bits per heavy atom. The Labute approximate surface area is 196 Å². The van der Waals surface area contributed by atoms with Gasteiger partial charge in [0, 0.05) is 16.7 Å². The Morgan fingerprint density at radius 3 is 2.27 bits per heavy atom. The summed E-state index contributed by atoms with van der Waals surface area (Å²) in [5.74, 6) is 0.409. The molecule has 0 saturated heterocycles. The van der Waals surface area contributed by atoms with Crippen LogP contribution in [0.2, 0.25) is 5.02 Å². The average Bonchev–Trinajstić information content (AvgIpc) is 3.08. The summed E-state index contributed by atoms with van der Waals surface area (Å²) in [6.07, 6.45) is 0. The van der Waals surface area contributed by atoms with Crippen LogP contribution in [-0.2, 0) is 9.59 Å². The highest BCUT2D eigenvalue weighted by Gasteiger charge is 2.41.